The zero-order valence-electron chi connectivity index (χ0n) is 17.9. The zero-order chi connectivity index (χ0) is 23.4. The van der Waals surface area contributed by atoms with Gasteiger partial charge in [0, 0.05) is 16.8 Å². The largest absolute Gasteiger partial charge is 0.480 e. The van der Waals surface area contributed by atoms with Gasteiger partial charge in [-0.1, -0.05) is 41.9 Å². The Balaban J connectivity index is 1.78. The van der Waals surface area contributed by atoms with Crippen LogP contribution in [0.5, 0.6) is 0 Å². The first-order valence-corrected chi connectivity index (χ1v) is 10.5. The predicted molar refractivity (Wildman–Crippen MR) is 125 cm³/mol. The van der Waals surface area contributed by atoms with Crippen molar-refractivity contribution in [3.05, 3.63) is 88.2 Å². The van der Waals surface area contributed by atoms with Crippen LogP contribution >= 0.6 is 11.6 Å². The maximum atomic E-state index is 14.6. The van der Waals surface area contributed by atoms with E-state index in [9.17, 15) is 14.0 Å². The van der Waals surface area contributed by atoms with Crippen LogP contribution in [-0.2, 0) is 4.79 Å². The van der Waals surface area contributed by atoms with Crippen molar-refractivity contribution in [3.63, 3.8) is 0 Å². The van der Waals surface area contributed by atoms with Crippen molar-refractivity contribution < 1.29 is 19.1 Å². The first-order valence-electron chi connectivity index (χ1n) is 10.1. The molecule has 3 aromatic carbocycles. The van der Waals surface area contributed by atoms with Gasteiger partial charge in [-0.3, -0.25) is 9.59 Å². The number of rotatable bonds is 7. The number of aryl methyl sites for hydroxylation is 1. The first kappa shape index (κ1) is 23.3. The van der Waals surface area contributed by atoms with Crippen molar-refractivity contribution in [2.24, 2.45) is 0 Å². The van der Waals surface area contributed by atoms with Crippen LogP contribution in [0, 0.1) is 12.7 Å². The molecule has 1 unspecified atom stereocenters. The van der Waals surface area contributed by atoms with Gasteiger partial charge in [0.05, 0.1) is 5.56 Å². The van der Waals surface area contributed by atoms with Crippen LogP contribution in [0.25, 0.3) is 11.1 Å². The Morgan fingerprint density at radius 2 is 1.72 bits per heavy atom. The summed E-state index contributed by atoms with van der Waals surface area (Å²) >= 11 is 6.11. The summed E-state index contributed by atoms with van der Waals surface area (Å²) in [5.41, 5.74) is 4.13. The minimum Gasteiger partial charge on any atom is -0.480 e. The van der Waals surface area contributed by atoms with Crippen LogP contribution in [0.4, 0.5) is 10.1 Å². The van der Waals surface area contributed by atoms with Crippen LogP contribution in [-0.4, -0.2) is 23.0 Å². The van der Waals surface area contributed by atoms with Gasteiger partial charge in [0.25, 0.3) is 5.91 Å². The minimum atomic E-state index is -1.19. The number of carboxylic acid groups (broad SMARTS) is 1. The minimum absolute atomic E-state index is 0.0280. The molecule has 0 saturated carbocycles. The molecule has 0 aliphatic rings. The van der Waals surface area contributed by atoms with Crippen molar-refractivity contribution >= 4 is 29.2 Å². The second-order valence-corrected chi connectivity index (χ2v) is 8.09. The Morgan fingerprint density at radius 1 is 1.00 bits per heavy atom. The molecule has 166 valence electrons. The topological polar surface area (TPSA) is 78.4 Å². The third-order valence-corrected chi connectivity index (χ3v) is 5.62. The summed E-state index contributed by atoms with van der Waals surface area (Å²) in [7, 11) is 0. The second-order valence-electron chi connectivity index (χ2n) is 7.68. The van der Waals surface area contributed by atoms with Crippen LogP contribution in [0.3, 0.4) is 0 Å². The summed E-state index contributed by atoms with van der Waals surface area (Å²) in [6.45, 7) is 5.32. The molecule has 32 heavy (non-hydrogen) atoms. The van der Waals surface area contributed by atoms with E-state index in [2.05, 4.69) is 10.6 Å². The van der Waals surface area contributed by atoms with Crippen molar-refractivity contribution in [3.8, 4) is 11.1 Å². The highest BCUT2D eigenvalue weighted by atomic mass is 35.5. The molecule has 7 heteroatoms. The fourth-order valence-electron chi connectivity index (χ4n) is 3.27. The number of carboxylic acids is 1. The second kappa shape index (κ2) is 9.83. The monoisotopic (exact) mass is 454 g/mol. The SMILES string of the molecule is Cc1cc(C(C)Nc2cccc(-c3ccc(C(=O)N[C@@H](C)C(=O)O)c(F)c3)c2)ccc1Cl. The molecule has 0 radical (unpaired) electrons. The molecule has 3 aromatic rings. The van der Waals surface area contributed by atoms with Crippen LogP contribution in [0.15, 0.2) is 60.7 Å². The number of hydrogen-bond donors (Lipinski definition) is 3. The van der Waals surface area contributed by atoms with E-state index in [0.717, 1.165) is 27.4 Å². The molecular formula is C25H24ClFN2O3. The average molecular weight is 455 g/mol. The lowest BCUT2D eigenvalue weighted by atomic mass is 10.0. The number of hydrogen-bond acceptors (Lipinski definition) is 3. The normalized spacial score (nSPS) is 12.7. The van der Waals surface area contributed by atoms with E-state index < -0.39 is 23.7 Å². The molecule has 3 rings (SSSR count). The molecular weight excluding hydrogens is 431 g/mol. The molecule has 0 bridgehead atoms. The molecule has 0 spiro atoms. The number of carbonyl (C=O) groups excluding carboxylic acids is 1. The van der Waals surface area contributed by atoms with Gasteiger partial charge >= 0.3 is 5.97 Å². The van der Waals surface area contributed by atoms with Crippen molar-refractivity contribution in [1.29, 1.82) is 0 Å². The third kappa shape index (κ3) is 5.45. The van der Waals surface area contributed by atoms with Crippen LogP contribution < -0.4 is 10.6 Å². The molecule has 5 nitrogen and oxygen atoms in total. The summed E-state index contributed by atoms with van der Waals surface area (Å²) < 4.78 is 14.6. The van der Waals surface area contributed by atoms with E-state index in [4.69, 9.17) is 16.7 Å². The van der Waals surface area contributed by atoms with Gasteiger partial charge < -0.3 is 15.7 Å². The van der Waals surface area contributed by atoms with Gasteiger partial charge in [0.15, 0.2) is 0 Å². The van der Waals surface area contributed by atoms with E-state index in [0.29, 0.717) is 5.56 Å². The van der Waals surface area contributed by atoms with Crippen molar-refractivity contribution in [2.75, 3.05) is 5.32 Å². The lowest BCUT2D eigenvalue weighted by Gasteiger charge is -2.17. The molecule has 1 amide bonds. The van der Waals surface area contributed by atoms with Gasteiger partial charge in [0.2, 0.25) is 0 Å². The Kier molecular flexibility index (Phi) is 7.15. The number of benzene rings is 3. The summed E-state index contributed by atoms with van der Waals surface area (Å²) in [4.78, 5) is 23.1. The number of halogens is 2. The molecule has 3 N–H and O–H groups in total. The van der Waals surface area contributed by atoms with E-state index in [1.54, 1.807) is 6.07 Å². The standard InChI is InChI=1S/C25H24ClFN2O3/c1-14-11-17(8-10-22(14)26)15(2)28-20-6-4-5-18(12-20)19-7-9-21(23(27)13-19)24(30)29-16(3)25(31)32/h4-13,15-16,28H,1-3H3,(H,29,30)(H,31,32)/t15?,16-/m0/s1. The summed E-state index contributed by atoms with van der Waals surface area (Å²) in [5.74, 6) is -2.69. The third-order valence-electron chi connectivity index (χ3n) is 5.19. The smallest absolute Gasteiger partial charge is 0.325 e. The van der Waals surface area contributed by atoms with Gasteiger partial charge in [-0.05, 0) is 73.4 Å². The molecule has 0 heterocycles. The highest BCUT2D eigenvalue weighted by molar-refractivity contribution is 6.31. The van der Waals surface area contributed by atoms with E-state index >= 15 is 0 Å². The summed E-state index contributed by atoms with van der Waals surface area (Å²) in [6.07, 6.45) is 0. The van der Waals surface area contributed by atoms with Gasteiger partial charge in [-0.15, -0.1) is 0 Å². The molecule has 0 aliphatic carbocycles. The number of nitrogens with one attached hydrogen (secondary N) is 2. The number of anilines is 1. The van der Waals surface area contributed by atoms with Crippen molar-refractivity contribution in [2.45, 2.75) is 32.9 Å². The highest BCUT2D eigenvalue weighted by Crippen LogP contribution is 2.28. The van der Waals surface area contributed by atoms with Gasteiger partial charge in [0.1, 0.15) is 11.9 Å². The zero-order valence-corrected chi connectivity index (χ0v) is 18.7. The van der Waals surface area contributed by atoms with E-state index in [1.165, 1.54) is 19.1 Å². The van der Waals surface area contributed by atoms with Crippen LogP contribution in [0.2, 0.25) is 5.02 Å². The number of aliphatic carboxylic acids is 1. The lowest BCUT2D eigenvalue weighted by Crippen LogP contribution is -2.38. The molecule has 0 saturated heterocycles. The van der Waals surface area contributed by atoms with Crippen molar-refractivity contribution in [1.82, 2.24) is 5.32 Å². The Bertz CT molecular complexity index is 1170. The van der Waals surface area contributed by atoms with Gasteiger partial charge in [-0.2, -0.15) is 0 Å². The Hall–Kier alpha value is -3.38. The highest BCUT2D eigenvalue weighted by Gasteiger charge is 2.18. The summed E-state index contributed by atoms with van der Waals surface area (Å²) in [5, 5.41) is 15.3. The predicted octanol–water partition coefficient (Wildman–Crippen LogP) is 5.83. The van der Waals surface area contributed by atoms with Gasteiger partial charge in [-0.25, -0.2) is 4.39 Å². The van der Waals surface area contributed by atoms with E-state index in [1.807, 2.05) is 56.3 Å². The van der Waals surface area contributed by atoms with E-state index in [-0.39, 0.29) is 11.6 Å². The number of carbonyl (C=O) groups is 2. The maximum Gasteiger partial charge on any atom is 0.325 e. The quantitative estimate of drug-likeness (QED) is 0.419. The molecule has 0 fully saturated rings. The van der Waals surface area contributed by atoms with Crippen LogP contribution in [0.1, 0.15) is 41.4 Å². The molecule has 2 atom stereocenters. The Morgan fingerprint density at radius 3 is 2.38 bits per heavy atom. The Labute approximate surface area is 191 Å². The lowest BCUT2D eigenvalue weighted by molar-refractivity contribution is -0.138. The summed E-state index contributed by atoms with van der Waals surface area (Å²) in [6, 6.07) is 16.6. The maximum absolute atomic E-state index is 14.6. The fourth-order valence-corrected chi connectivity index (χ4v) is 3.39. The molecule has 0 aliphatic heterocycles. The average Bonchev–Trinajstić information content (AvgIpc) is 2.75. The fraction of sp³-hybridized carbons (Fsp3) is 0.200. The molecule has 0 aromatic heterocycles. The number of amides is 1. The first-order chi connectivity index (χ1) is 15.2.